The van der Waals surface area contributed by atoms with Gasteiger partial charge in [-0.2, -0.15) is 5.10 Å². The maximum absolute atomic E-state index is 12.4. The molecule has 3 rings (SSSR count). The van der Waals surface area contributed by atoms with Crippen molar-refractivity contribution >= 4 is 50.9 Å². The zero-order valence-electron chi connectivity index (χ0n) is 12.7. The molecule has 1 aromatic heterocycles. The fraction of sp³-hybridized carbons (Fsp3) is 0.0588. The molecule has 0 saturated carbocycles. The number of hydrogen-bond acceptors (Lipinski definition) is 5. The van der Waals surface area contributed by atoms with E-state index < -0.39 is 24.0 Å². The number of fused-ring (bicyclic) bond motifs is 1. The number of anilines is 1. The molecule has 2 aromatic carbocycles. The first-order chi connectivity index (χ1) is 12.0. The molecule has 3 aromatic rings. The number of nitrogens with one attached hydrogen (secondary N) is 1. The fourth-order valence-electron chi connectivity index (χ4n) is 2.36. The van der Waals surface area contributed by atoms with E-state index in [1.807, 2.05) is 12.1 Å². The summed E-state index contributed by atoms with van der Waals surface area (Å²) in [5, 5.41) is 18.1. The van der Waals surface area contributed by atoms with Crippen LogP contribution < -0.4 is 16.0 Å². The summed E-state index contributed by atoms with van der Waals surface area (Å²) in [6, 6.07) is 13.3. The largest absolute Gasteiger partial charge is 0.543 e. The minimum absolute atomic E-state index is 0.166. The molecule has 126 valence electrons. The number of carboxylic acids is 1. The van der Waals surface area contributed by atoms with Crippen LogP contribution in [0.4, 0.5) is 5.69 Å². The topological polar surface area (TPSA) is 104 Å². The van der Waals surface area contributed by atoms with Crippen molar-refractivity contribution in [3.63, 3.8) is 0 Å². The van der Waals surface area contributed by atoms with Gasteiger partial charge in [0.15, 0.2) is 0 Å². The quantitative estimate of drug-likeness (QED) is 0.600. The number of hydrogen-bond donors (Lipinski definition) is 1. The SMILES string of the molecule is O=C(Cn1nc(C(=O)[O-])c2ccccc2c1=O)Nc1ccc(I)cc1. The summed E-state index contributed by atoms with van der Waals surface area (Å²) >= 11 is 2.14. The van der Waals surface area contributed by atoms with Crippen molar-refractivity contribution in [2.75, 3.05) is 5.32 Å². The second-order valence-corrected chi connectivity index (χ2v) is 6.45. The molecule has 0 saturated heterocycles. The minimum Gasteiger partial charge on any atom is -0.543 e. The fourth-order valence-corrected chi connectivity index (χ4v) is 2.72. The van der Waals surface area contributed by atoms with Gasteiger partial charge in [-0.05, 0) is 52.9 Å². The van der Waals surface area contributed by atoms with Crippen LogP contribution in [0.3, 0.4) is 0 Å². The average Bonchev–Trinajstić information content (AvgIpc) is 2.59. The predicted molar refractivity (Wildman–Crippen MR) is 98.1 cm³/mol. The van der Waals surface area contributed by atoms with E-state index in [0.29, 0.717) is 5.69 Å². The van der Waals surface area contributed by atoms with Gasteiger partial charge in [-0.15, -0.1) is 0 Å². The van der Waals surface area contributed by atoms with Crippen LogP contribution in [-0.2, 0) is 11.3 Å². The summed E-state index contributed by atoms with van der Waals surface area (Å²) in [7, 11) is 0. The van der Waals surface area contributed by atoms with Crippen LogP contribution in [0.5, 0.6) is 0 Å². The zero-order chi connectivity index (χ0) is 18.0. The Balaban J connectivity index is 1.94. The van der Waals surface area contributed by atoms with Crippen LogP contribution in [0.2, 0.25) is 0 Å². The summed E-state index contributed by atoms with van der Waals surface area (Å²) < 4.78 is 1.84. The van der Waals surface area contributed by atoms with Crippen molar-refractivity contribution in [3.8, 4) is 0 Å². The lowest BCUT2D eigenvalue weighted by Gasteiger charge is -2.11. The maximum atomic E-state index is 12.4. The van der Waals surface area contributed by atoms with Crippen molar-refractivity contribution in [1.29, 1.82) is 0 Å². The van der Waals surface area contributed by atoms with E-state index in [1.165, 1.54) is 12.1 Å². The van der Waals surface area contributed by atoms with Gasteiger partial charge in [0.25, 0.3) is 5.56 Å². The normalized spacial score (nSPS) is 10.6. The molecule has 0 aliphatic rings. The van der Waals surface area contributed by atoms with Gasteiger partial charge in [-0.25, -0.2) is 4.68 Å². The highest BCUT2D eigenvalue weighted by atomic mass is 127. The Labute approximate surface area is 155 Å². The molecule has 8 heteroatoms. The number of rotatable bonds is 4. The molecule has 1 amide bonds. The van der Waals surface area contributed by atoms with Gasteiger partial charge in [0.1, 0.15) is 12.2 Å². The molecule has 1 heterocycles. The van der Waals surface area contributed by atoms with Crippen LogP contribution in [0.25, 0.3) is 10.8 Å². The summed E-state index contributed by atoms with van der Waals surface area (Å²) in [5.41, 5.74) is -0.352. The second-order valence-electron chi connectivity index (χ2n) is 5.20. The third-order valence-electron chi connectivity index (χ3n) is 3.48. The lowest BCUT2D eigenvalue weighted by Crippen LogP contribution is -2.34. The number of carbonyl (C=O) groups excluding carboxylic acids is 2. The summed E-state index contributed by atoms with van der Waals surface area (Å²) in [4.78, 5) is 35.9. The smallest absolute Gasteiger partial charge is 0.275 e. The predicted octanol–water partition coefficient (Wildman–Crippen LogP) is 1.00. The summed E-state index contributed by atoms with van der Waals surface area (Å²) in [6.07, 6.45) is 0. The third kappa shape index (κ3) is 3.68. The molecule has 0 unspecified atom stereocenters. The Kier molecular flexibility index (Phi) is 4.79. The summed E-state index contributed by atoms with van der Waals surface area (Å²) in [6.45, 7) is -0.407. The first-order valence-electron chi connectivity index (χ1n) is 7.22. The molecule has 0 aliphatic carbocycles. The van der Waals surface area contributed by atoms with E-state index >= 15 is 0 Å². The Morgan fingerprint density at radius 2 is 1.72 bits per heavy atom. The number of carboxylic acid groups (broad SMARTS) is 1. The molecule has 0 bridgehead atoms. The number of nitrogens with zero attached hydrogens (tertiary/aromatic N) is 2. The van der Waals surface area contributed by atoms with E-state index in [0.717, 1.165) is 8.25 Å². The Hall–Kier alpha value is -2.75. The first kappa shape index (κ1) is 17.1. The van der Waals surface area contributed by atoms with Crippen LogP contribution in [0.1, 0.15) is 10.5 Å². The van der Waals surface area contributed by atoms with E-state index in [1.54, 1.807) is 24.3 Å². The second kappa shape index (κ2) is 7.01. The summed E-state index contributed by atoms with van der Waals surface area (Å²) in [5.74, 6) is -2.00. The van der Waals surface area contributed by atoms with Crippen molar-refractivity contribution in [1.82, 2.24) is 9.78 Å². The number of carbonyl (C=O) groups is 2. The number of benzene rings is 2. The van der Waals surface area contributed by atoms with Crippen molar-refractivity contribution in [2.45, 2.75) is 6.54 Å². The Bertz CT molecular complexity index is 1030. The third-order valence-corrected chi connectivity index (χ3v) is 4.20. The van der Waals surface area contributed by atoms with Crippen molar-refractivity contribution < 1.29 is 14.7 Å². The highest BCUT2D eigenvalue weighted by Crippen LogP contribution is 2.13. The van der Waals surface area contributed by atoms with Crippen LogP contribution in [0, 0.1) is 3.57 Å². The van der Waals surface area contributed by atoms with Gasteiger partial charge in [-0.3, -0.25) is 9.59 Å². The highest BCUT2D eigenvalue weighted by molar-refractivity contribution is 14.1. The maximum Gasteiger partial charge on any atom is 0.275 e. The van der Waals surface area contributed by atoms with Crippen molar-refractivity contribution in [2.24, 2.45) is 0 Å². The Morgan fingerprint density at radius 3 is 2.36 bits per heavy atom. The zero-order valence-corrected chi connectivity index (χ0v) is 14.9. The van der Waals surface area contributed by atoms with Gasteiger partial charge >= 0.3 is 0 Å². The number of halogens is 1. The van der Waals surface area contributed by atoms with Gasteiger partial charge in [0, 0.05) is 14.6 Å². The van der Waals surface area contributed by atoms with E-state index in [4.69, 9.17) is 0 Å². The van der Waals surface area contributed by atoms with Crippen LogP contribution in [-0.4, -0.2) is 21.7 Å². The molecular formula is C17H11IN3O4-. The molecule has 0 aliphatic heterocycles. The van der Waals surface area contributed by atoms with E-state index in [-0.39, 0.29) is 16.5 Å². The standard InChI is InChI=1S/C17H12IN3O4/c18-10-5-7-11(8-6-10)19-14(22)9-21-16(23)13-4-2-1-3-12(13)15(20-21)17(24)25/h1-8H,9H2,(H,19,22)(H,24,25)/p-1. The van der Waals surface area contributed by atoms with Gasteiger partial charge in [0.05, 0.1) is 11.4 Å². The van der Waals surface area contributed by atoms with E-state index in [2.05, 4.69) is 33.0 Å². The van der Waals surface area contributed by atoms with Crippen molar-refractivity contribution in [3.05, 3.63) is 68.1 Å². The van der Waals surface area contributed by atoms with Crippen LogP contribution >= 0.6 is 22.6 Å². The molecule has 25 heavy (non-hydrogen) atoms. The lowest BCUT2D eigenvalue weighted by molar-refractivity contribution is -0.255. The van der Waals surface area contributed by atoms with Gasteiger partial charge in [0.2, 0.25) is 5.91 Å². The minimum atomic E-state index is -1.51. The highest BCUT2D eigenvalue weighted by Gasteiger charge is 2.13. The molecule has 0 atom stereocenters. The molecule has 0 radical (unpaired) electrons. The molecule has 7 nitrogen and oxygen atoms in total. The molecule has 0 fully saturated rings. The Morgan fingerprint density at radius 1 is 1.08 bits per heavy atom. The van der Waals surface area contributed by atoms with Gasteiger partial charge in [-0.1, -0.05) is 18.2 Å². The molecule has 1 N–H and O–H groups in total. The van der Waals surface area contributed by atoms with E-state index in [9.17, 15) is 19.5 Å². The first-order valence-corrected chi connectivity index (χ1v) is 8.30. The van der Waals surface area contributed by atoms with Gasteiger partial charge < -0.3 is 15.2 Å². The number of aromatic carboxylic acids is 1. The average molecular weight is 448 g/mol. The molecular weight excluding hydrogens is 437 g/mol. The monoisotopic (exact) mass is 448 g/mol. The van der Waals surface area contributed by atoms with Crippen LogP contribution in [0.15, 0.2) is 53.3 Å². The molecule has 0 spiro atoms. The lowest BCUT2D eigenvalue weighted by atomic mass is 10.1. The number of aromatic nitrogens is 2. The number of amides is 1.